The van der Waals surface area contributed by atoms with Crippen LogP contribution in [0.3, 0.4) is 0 Å². The average Bonchev–Trinajstić information content (AvgIpc) is 2.24. The van der Waals surface area contributed by atoms with Crippen molar-refractivity contribution in [1.82, 2.24) is 0 Å². The van der Waals surface area contributed by atoms with Gasteiger partial charge in [0.25, 0.3) is 0 Å². The van der Waals surface area contributed by atoms with Gasteiger partial charge >= 0.3 is 0 Å². The molecule has 0 fully saturated rings. The summed E-state index contributed by atoms with van der Waals surface area (Å²) in [6.45, 7) is 0. The van der Waals surface area contributed by atoms with E-state index in [2.05, 4.69) is 0 Å². The van der Waals surface area contributed by atoms with Crippen molar-refractivity contribution in [3.05, 3.63) is 30.3 Å². The normalized spacial score (nSPS) is 12.7. The van der Waals surface area contributed by atoms with Gasteiger partial charge in [-0.15, -0.1) is 0 Å². The first-order valence-corrected chi connectivity index (χ1v) is 7.66. The lowest BCUT2D eigenvalue weighted by Crippen LogP contribution is -2.05. The number of fused-ring (bicyclic) bond motifs is 1. The molecule has 0 aromatic heterocycles. The second-order valence-electron chi connectivity index (χ2n) is 3.81. The fourth-order valence-electron chi connectivity index (χ4n) is 1.68. The highest BCUT2D eigenvalue weighted by molar-refractivity contribution is 7.86. The molecule has 0 saturated carbocycles. The molecule has 0 bridgehead atoms. The van der Waals surface area contributed by atoms with E-state index in [0.717, 1.165) is 6.07 Å². The van der Waals surface area contributed by atoms with E-state index in [9.17, 15) is 25.9 Å². The Labute approximate surface area is 109 Å². The minimum atomic E-state index is -4.92. The average molecular weight is 301 g/mol. The van der Waals surface area contributed by atoms with Gasteiger partial charge in [0, 0.05) is 5.69 Å². The molecule has 19 heavy (non-hydrogen) atoms. The van der Waals surface area contributed by atoms with Crippen LogP contribution in [0.25, 0.3) is 10.8 Å². The summed E-state index contributed by atoms with van der Waals surface area (Å²) in [6, 6.07) is 5.45. The third-order valence-electron chi connectivity index (χ3n) is 2.47. The standard InChI is InChI=1S/C10H9NO6S2/c11-7-1-2-9-6(3-7)4-8(18(12,13)14)5-10(9)19(15,16)17/h1-5H,11H2,(H,12,13,14)(H,15,16,17)/p-2. The van der Waals surface area contributed by atoms with Gasteiger partial charge < -0.3 is 14.8 Å². The number of anilines is 1. The Kier molecular flexibility index (Phi) is 3.01. The molecule has 0 amide bonds. The summed E-state index contributed by atoms with van der Waals surface area (Å²) in [5.74, 6) is 0. The predicted octanol–water partition coefficient (Wildman–Crippen LogP) is 0.230. The lowest BCUT2D eigenvalue weighted by molar-refractivity contribution is 0.462. The van der Waals surface area contributed by atoms with Crippen molar-refractivity contribution in [2.75, 3.05) is 5.73 Å². The van der Waals surface area contributed by atoms with Crippen molar-refractivity contribution in [2.45, 2.75) is 9.79 Å². The summed E-state index contributed by atoms with van der Waals surface area (Å²) < 4.78 is 66.3. The first-order valence-electron chi connectivity index (χ1n) is 4.84. The minimum Gasteiger partial charge on any atom is -0.744 e. The van der Waals surface area contributed by atoms with Crippen molar-refractivity contribution in [3.8, 4) is 0 Å². The molecule has 2 aromatic carbocycles. The predicted molar refractivity (Wildman–Crippen MR) is 64.3 cm³/mol. The molecule has 0 radical (unpaired) electrons. The molecule has 0 aliphatic rings. The van der Waals surface area contributed by atoms with Crippen molar-refractivity contribution in [3.63, 3.8) is 0 Å². The van der Waals surface area contributed by atoms with E-state index in [4.69, 9.17) is 5.73 Å². The van der Waals surface area contributed by atoms with Crippen LogP contribution in [-0.2, 0) is 20.2 Å². The van der Waals surface area contributed by atoms with Crippen molar-refractivity contribution in [1.29, 1.82) is 0 Å². The first-order chi connectivity index (χ1) is 8.59. The monoisotopic (exact) mass is 301 g/mol. The van der Waals surface area contributed by atoms with Gasteiger partial charge in [0.15, 0.2) is 0 Å². The second-order valence-corrected chi connectivity index (χ2v) is 6.54. The van der Waals surface area contributed by atoms with Crippen LogP contribution in [0.4, 0.5) is 5.69 Å². The first kappa shape index (κ1) is 13.7. The molecule has 2 aromatic rings. The largest absolute Gasteiger partial charge is 0.744 e. The van der Waals surface area contributed by atoms with Crippen LogP contribution in [0.5, 0.6) is 0 Å². The second kappa shape index (κ2) is 4.17. The Bertz CT molecular complexity index is 870. The Balaban J connectivity index is 3.01. The van der Waals surface area contributed by atoms with E-state index in [-0.39, 0.29) is 16.5 Å². The fraction of sp³-hybridized carbons (Fsp3) is 0. The van der Waals surface area contributed by atoms with Gasteiger partial charge in [-0.1, -0.05) is 6.07 Å². The van der Waals surface area contributed by atoms with Gasteiger partial charge in [0.2, 0.25) is 0 Å². The van der Waals surface area contributed by atoms with Crippen LogP contribution >= 0.6 is 0 Å². The molecule has 2 rings (SSSR count). The van der Waals surface area contributed by atoms with Crippen molar-refractivity contribution in [2.24, 2.45) is 0 Å². The minimum absolute atomic E-state index is 0.0107. The molecule has 0 unspecified atom stereocenters. The van der Waals surface area contributed by atoms with Gasteiger partial charge in [-0.2, -0.15) is 0 Å². The maximum atomic E-state index is 11.1. The highest BCUT2D eigenvalue weighted by Crippen LogP contribution is 2.28. The van der Waals surface area contributed by atoms with E-state index in [1.54, 1.807) is 0 Å². The van der Waals surface area contributed by atoms with E-state index in [0.29, 0.717) is 6.07 Å². The molecule has 2 N–H and O–H groups in total. The molecule has 7 nitrogen and oxygen atoms in total. The zero-order valence-electron chi connectivity index (χ0n) is 9.23. The number of hydrogen-bond acceptors (Lipinski definition) is 7. The van der Waals surface area contributed by atoms with Gasteiger partial charge in [-0.25, -0.2) is 16.8 Å². The Morgan fingerprint density at radius 3 is 2.05 bits per heavy atom. The highest BCUT2D eigenvalue weighted by Gasteiger charge is 2.13. The van der Waals surface area contributed by atoms with Gasteiger partial charge in [0.05, 0.1) is 9.79 Å². The molecular weight excluding hydrogens is 294 g/mol. The molecule has 9 heteroatoms. The SMILES string of the molecule is Nc1ccc2c(S(=O)(=O)[O-])cc(S(=O)(=O)[O-])cc2c1. The van der Waals surface area contributed by atoms with E-state index in [1.165, 1.54) is 18.2 Å². The molecule has 0 atom stereocenters. The van der Waals surface area contributed by atoms with Crippen LogP contribution in [0.15, 0.2) is 40.1 Å². The smallest absolute Gasteiger partial charge is 0.125 e. The van der Waals surface area contributed by atoms with Crippen LogP contribution in [-0.4, -0.2) is 25.9 Å². The molecule has 102 valence electrons. The van der Waals surface area contributed by atoms with Crippen molar-refractivity contribution >= 4 is 36.7 Å². The third kappa shape index (κ3) is 2.68. The molecule has 0 saturated heterocycles. The summed E-state index contributed by atoms with van der Waals surface area (Å²) in [7, 11) is -9.80. The zero-order chi connectivity index (χ0) is 14.4. The maximum absolute atomic E-state index is 11.1. The third-order valence-corrected chi connectivity index (χ3v) is 4.16. The summed E-state index contributed by atoms with van der Waals surface area (Å²) in [5.41, 5.74) is 5.73. The number of hydrogen-bond donors (Lipinski definition) is 1. The zero-order valence-corrected chi connectivity index (χ0v) is 10.9. The number of benzene rings is 2. The lowest BCUT2D eigenvalue weighted by Gasteiger charge is -2.15. The molecule has 0 aliphatic carbocycles. The van der Waals surface area contributed by atoms with E-state index >= 15 is 0 Å². The van der Waals surface area contributed by atoms with E-state index < -0.39 is 30.0 Å². The molecule has 0 aliphatic heterocycles. The summed E-state index contributed by atoms with van der Waals surface area (Å²) in [6.07, 6.45) is 0. The highest BCUT2D eigenvalue weighted by atomic mass is 32.2. The Hall–Kier alpha value is -1.68. The Morgan fingerprint density at radius 2 is 1.53 bits per heavy atom. The van der Waals surface area contributed by atoms with Crippen LogP contribution in [0.1, 0.15) is 0 Å². The van der Waals surface area contributed by atoms with Gasteiger partial charge in [0.1, 0.15) is 20.2 Å². The van der Waals surface area contributed by atoms with Gasteiger partial charge in [-0.05, 0) is 35.0 Å². The van der Waals surface area contributed by atoms with E-state index in [1.807, 2.05) is 0 Å². The maximum Gasteiger partial charge on any atom is 0.125 e. The molecule has 0 spiro atoms. The summed E-state index contributed by atoms with van der Waals surface area (Å²) in [5, 5.41) is 0.1000. The van der Waals surface area contributed by atoms with Crippen LogP contribution in [0, 0.1) is 0 Å². The van der Waals surface area contributed by atoms with Crippen LogP contribution < -0.4 is 5.73 Å². The fourth-order valence-corrected chi connectivity index (χ4v) is 3.01. The van der Waals surface area contributed by atoms with Crippen molar-refractivity contribution < 1.29 is 25.9 Å². The number of nitrogens with two attached hydrogens (primary N) is 1. The van der Waals surface area contributed by atoms with Crippen LogP contribution in [0.2, 0.25) is 0 Å². The Morgan fingerprint density at radius 1 is 0.895 bits per heavy atom. The quantitative estimate of drug-likeness (QED) is 0.618. The molecular formula is C10H7NO6S2-2. The van der Waals surface area contributed by atoms with Gasteiger partial charge in [-0.3, -0.25) is 0 Å². The number of nitrogen functional groups attached to an aromatic ring is 1. The molecule has 0 heterocycles. The topological polar surface area (TPSA) is 140 Å². The summed E-state index contributed by atoms with van der Waals surface area (Å²) >= 11 is 0. The lowest BCUT2D eigenvalue weighted by atomic mass is 10.1. The number of rotatable bonds is 2. The summed E-state index contributed by atoms with van der Waals surface area (Å²) in [4.78, 5) is -1.56.